The van der Waals surface area contributed by atoms with E-state index in [9.17, 15) is 14.4 Å². The first-order chi connectivity index (χ1) is 15.8. The summed E-state index contributed by atoms with van der Waals surface area (Å²) in [6.45, 7) is 10.2. The number of amides is 2. The van der Waals surface area contributed by atoms with Crippen LogP contribution in [0.15, 0.2) is 24.3 Å². The predicted octanol–water partition coefficient (Wildman–Crippen LogP) is 2.66. The first kappa shape index (κ1) is 24.9. The molecule has 0 bridgehead atoms. The van der Waals surface area contributed by atoms with Crippen LogP contribution in [0.2, 0.25) is 0 Å². The largest absolute Gasteiger partial charge is 0.462 e. The number of hydrogen-bond acceptors (Lipinski definition) is 7. The first-order valence-electron chi connectivity index (χ1n) is 11.2. The van der Waals surface area contributed by atoms with Gasteiger partial charge in [-0.05, 0) is 37.5 Å². The van der Waals surface area contributed by atoms with Crippen molar-refractivity contribution < 1.29 is 19.1 Å². The normalized spacial score (nSPS) is 14.7. The number of anilines is 1. The van der Waals surface area contributed by atoms with Gasteiger partial charge in [-0.15, -0.1) is 11.3 Å². The molecule has 1 aromatic carbocycles. The zero-order valence-electron chi connectivity index (χ0n) is 19.7. The zero-order chi connectivity index (χ0) is 24.0. The van der Waals surface area contributed by atoms with Crippen LogP contribution in [0.4, 0.5) is 5.00 Å². The second kappa shape index (κ2) is 11.4. The van der Waals surface area contributed by atoms with Crippen LogP contribution in [-0.2, 0) is 16.1 Å². The van der Waals surface area contributed by atoms with Crippen LogP contribution in [0.1, 0.15) is 43.6 Å². The van der Waals surface area contributed by atoms with Gasteiger partial charge in [-0.2, -0.15) is 0 Å². The van der Waals surface area contributed by atoms with E-state index in [1.165, 1.54) is 18.2 Å². The lowest BCUT2D eigenvalue weighted by molar-refractivity contribution is -0.117. The van der Waals surface area contributed by atoms with Crippen LogP contribution in [0.5, 0.6) is 0 Å². The molecule has 2 N–H and O–H groups in total. The minimum atomic E-state index is -0.540. The van der Waals surface area contributed by atoms with Gasteiger partial charge in [-0.25, -0.2) is 4.79 Å². The average molecular weight is 473 g/mol. The third-order valence-corrected chi connectivity index (χ3v) is 7.01. The molecule has 9 heteroatoms. The molecule has 1 fully saturated rings. The molecule has 1 aliphatic rings. The Morgan fingerprint density at radius 2 is 1.73 bits per heavy atom. The second-order valence-electron chi connectivity index (χ2n) is 8.09. The molecule has 1 saturated heterocycles. The van der Waals surface area contributed by atoms with Gasteiger partial charge in [0.15, 0.2) is 0 Å². The van der Waals surface area contributed by atoms with E-state index in [4.69, 9.17) is 4.74 Å². The number of piperazine rings is 1. The van der Waals surface area contributed by atoms with Gasteiger partial charge < -0.3 is 15.4 Å². The molecule has 0 radical (unpaired) electrons. The van der Waals surface area contributed by atoms with E-state index < -0.39 is 5.97 Å². The number of ether oxygens (including phenoxy) is 1. The summed E-state index contributed by atoms with van der Waals surface area (Å²) in [7, 11) is 1.53. The zero-order valence-corrected chi connectivity index (χ0v) is 20.5. The summed E-state index contributed by atoms with van der Waals surface area (Å²) in [6, 6.07) is 8.40. The lowest BCUT2D eigenvalue weighted by Gasteiger charge is -2.34. The third kappa shape index (κ3) is 6.19. The molecule has 33 heavy (non-hydrogen) atoms. The molecule has 0 atom stereocenters. The summed E-state index contributed by atoms with van der Waals surface area (Å²) in [5.74, 6) is -1.05. The van der Waals surface area contributed by atoms with E-state index in [2.05, 4.69) is 51.6 Å². The Hall–Kier alpha value is -2.75. The second-order valence-corrected chi connectivity index (χ2v) is 9.11. The minimum absolute atomic E-state index is 0.211. The Bertz CT molecular complexity index is 1010. The van der Waals surface area contributed by atoms with Gasteiger partial charge in [0.25, 0.3) is 5.91 Å². The molecule has 8 nitrogen and oxygen atoms in total. The van der Waals surface area contributed by atoms with Crippen molar-refractivity contribution in [1.29, 1.82) is 0 Å². The number of benzene rings is 1. The molecule has 0 unspecified atom stereocenters. The Morgan fingerprint density at radius 3 is 2.36 bits per heavy atom. The Labute approximate surface area is 198 Å². The van der Waals surface area contributed by atoms with Crippen molar-refractivity contribution in [2.75, 3.05) is 51.7 Å². The maximum Gasteiger partial charge on any atom is 0.341 e. The van der Waals surface area contributed by atoms with Gasteiger partial charge in [-0.1, -0.05) is 24.3 Å². The minimum Gasteiger partial charge on any atom is -0.462 e. The van der Waals surface area contributed by atoms with Gasteiger partial charge in [-0.3, -0.25) is 19.4 Å². The number of nitrogens with zero attached hydrogens (tertiary/aromatic N) is 2. The van der Waals surface area contributed by atoms with E-state index in [-0.39, 0.29) is 30.5 Å². The van der Waals surface area contributed by atoms with Crippen molar-refractivity contribution in [2.45, 2.75) is 27.3 Å². The maximum atomic E-state index is 12.8. The monoisotopic (exact) mass is 472 g/mol. The lowest BCUT2D eigenvalue weighted by Crippen LogP contribution is -2.48. The van der Waals surface area contributed by atoms with E-state index in [0.717, 1.165) is 44.1 Å². The molecule has 3 rings (SSSR count). The van der Waals surface area contributed by atoms with Gasteiger partial charge >= 0.3 is 5.97 Å². The van der Waals surface area contributed by atoms with Crippen molar-refractivity contribution >= 4 is 34.1 Å². The quantitative estimate of drug-likeness (QED) is 0.574. The standard InChI is InChI=1S/C24H32N4O4S/c1-5-32-24(31)20-17(3)21(22(30)25-4)33-23(20)26-19(29)15-28-12-10-27(11-13-28)14-18-9-7-6-8-16(18)2/h6-9H,5,10-15H2,1-4H3,(H,25,30)(H,26,29). The average Bonchev–Trinajstić information content (AvgIpc) is 3.11. The molecule has 0 aliphatic carbocycles. The summed E-state index contributed by atoms with van der Waals surface area (Å²) in [6.07, 6.45) is 0. The fourth-order valence-corrected chi connectivity index (χ4v) is 5.04. The van der Waals surface area contributed by atoms with Crippen LogP contribution in [0.3, 0.4) is 0 Å². The van der Waals surface area contributed by atoms with Crippen LogP contribution in [-0.4, -0.2) is 74.0 Å². The van der Waals surface area contributed by atoms with E-state index in [0.29, 0.717) is 15.4 Å². The Morgan fingerprint density at radius 1 is 1.06 bits per heavy atom. The van der Waals surface area contributed by atoms with Crippen LogP contribution >= 0.6 is 11.3 Å². The van der Waals surface area contributed by atoms with Crippen molar-refractivity contribution in [2.24, 2.45) is 0 Å². The van der Waals surface area contributed by atoms with E-state index in [1.807, 2.05) is 0 Å². The summed E-state index contributed by atoms with van der Waals surface area (Å²) in [4.78, 5) is 42.3. The van der Waals surface area contributed by atoms with Crippen molar-refractivity contribution in [1.82, 2.24) is 15.1 Å². The summed E-state index contributed by atoms with van der Waals surface area (Å²) >= 11 is 1.09. The van der Waals surface area contributed by atoms with Crippen molar-refractivity contribution in [3.05, 3.63) is 51.4 Å². The highest BCUT2D eigenvalue weighted by atomic mass is 32.1. The van der Waals surface area contributed by atoms with Gasteiger partial charge in [0, 0.05) is 39.8 Å². The molecule has 0 saturated carbocycles. The molecule has 178 valence electrons. The Kier molecular flexibility index (Phi) is 8.60. The van der Waals surface area contributed by atoms with Crippen LogP contribution in [0, 0.1) is 13.8 Å². The summed E-state index contributed by atoms with van der Waals surface area (Å²) in [5, 5.41) is 5.76. The molecule has 0 spiro atoms. The number of nitrogens with one attached hydrogen (secondary N) is 2. The van der Waals surface area contributed by atoms with Gasteiger partial charge in [0.2, 0.25) is 5.91 Å². The SMILES string of the molecule is CCOC(=O)c1c(NC(=O)CN2CCN(Cc3ccccc3C)CC2)sc(C(=O)NC)c1C. The molecular formula is C24H32N4O4S. The van der Waals surface area contributed by atoms with Crippen molar-refractivity contribution in [3.63, 3.8) is 0 Å². The highest BCUT2D eigenvalue weighted by molar-refractivity contribution is 7.18. The third-order valence-electron chi connectivity index (χ3n) is 5.80. The number of esters is 1. The molecule has 2 amide bonds. The maximum absolute atomic E-state index is 12.8. The summed E-state index contributed by atoms with van der Waals surface area (Å²) in [5.41, 5.74) is 3.38. The summed E-state index contributed by atoms with van der Waals surface area (Å²) < 4.78 is 5.15. The highest BCUT2D eigenvalue weighted by Gasteiger charge is 2.27. The molecule has 2 aromatic rings. The topological polar surface area (TPSA) is 91.0 Å². The Balaban J connectivity index is 1.60. The smallest absolute Gasteiger partial charge is 0.341 e. The van der Waals surface area contributed by atoms with Crippen LogP contribution in [0.25, 0.3) is 0 Å². The molecule has 1 aliphatic heterocycles. The van der Waals surface area contributed by atoms with Gasteiger partial charge in [0.1, 0.15) is 5.00 Å². The lowest BCUT2D eigenvalue weighted by atomic mass is 10.1. The first-order valence-corrected chi connectivity index (χ1v) is 12.0. The number of thiophene rings is 1. The number of aryl methyl sites for hydroxylation is 1. The number of hydrogen-bond donors (Lipinski definition) is 2. The molecular weight excluding hydrogens is 440 g/mol. The van der Waals surface area contributed by atoms with Crippen LogP contribution < -0.4 is 10.6 Å². The van der Waals surface area contributed by atoms with E-state index in [1.54, 1.807) is 13.8 Å². The predicted molar refractivity (Wildman–Crippen MR) is 130 cm³/mol. The number of carbonyl (C=O) groups excluding carboxylic acids is 3. The number of carbonyl (C=O) groups is 3. The number of rotatable bonds is 8. The molecule has 2 heterocycles. The molecule has 1 aromatic heterocycles. The van der Waals surface area contributed by atoms with Gasteiger partial charge in [0.05, 0.1) is 23.6 Å². The fourth-order valence-electron chi connectivity index (χ4n) is 3.88. The highest BCUT2D eigenvalue weighted by Crippen LogP contribution is 2.33. The fraction of sp³-hybridized carbons (Fsp3) is 0.458. The van der Waals surface area contributed by atoms with E-state index >= 15 is 0 Å². The van der Waals surface area contributed by atoms with Crippen molar-refractivity contribution in [3.8, 4) is 0 Å².